The van der Waals surface area contributed by atoms with Gasteiger partial charge in [-0.3, -0.25) is 9.78 Å². The van der Waals surface area contributed by atoms with Crippen molar-refractivity contribution >= 4 is 27.9 Å². The monoisotopic (exact) mass is 451 g/mol. The van der Waals surface area contributed by atoms with Gasteiger partial charge in [-0.1, -0.05) is 6.07 Å². The first kappa shape index (κ1) is 21.9. The van der Waals surface area contributed by atoms with Crippen molar-refractivity contribution in [1.29, 1.82) is 0 Å². The lowest BCUT2D eigenvalue weighted by Gasteiger charge is -2.27. The number of nitrogens with one attached hydrogen (secondary N) is 1. The van der Waals surface area contributed by atoms with E-state index in [2.05, 4.69) is 26.2 Å². The van der Waals surface area contributed by atoms with E-state index in [0.717, 1.165) is 11.1 Å². The maximum atomic E-state index is 12.5. The van der Waals surface area contributed by atoms with Crippen molar-refractivity contribution in [2.75, 3.05) is 13.1 Å². The summed E-state index contributed by atoms with van der Waals surface area (Å²) in [6, 6.07) is 5.48. The molecule has 0 saturated heterocycles. The second-order valence-corrected chi connectivity index (χ2v) is 8.22. The number of aromatic nitrogens is 1. The van der Waals surface area contributed by atoms with E-state index in [1.54, 1.807) is 30.3 Å². The molecule has 2 heterocycles. The molecule has 0 aliphatic rings. The number of pyridine rings is 1. The second kappa shape index (κ2) is 9.73. The molecule has 0 spiro atoms. The normalized spacial score (nSPS) is 11.2. The fourth-order valence-electron chi connectivity index (χ4n) is 2.49. The number of hydrogen-bond donors (Lipinski definition) is 1. The van der Waals surface area contributed by atoms with Crippen molar-refractivity contribution < 1.29 is 18.7 Å². The summed E-state index contributed by atoms with van der Waals surface area (Å²) in [4.78, 5) is 30.4. The van der Waals surface area contributed by atoms with E-state index in [0.29, 0.717) is 30.7 Å². The number of nitrogens with zero attached hydrogens (tertiary/aromatic N) is 2. The minimum atomic E-state index is -0.581. The van der Waals surface area contributed by atoms with Crippen molar-refractivity contribution in [2.24, 2.45) is 0 Å². The predicted octanol–water partition coefficient (Wildman–Crippen LogP) is 4.30. The highest BCUT2D eigenvalue weighted by Gasteiger charge is 2.22. The lowest BCUT2D eigenvalue weighted by Crippen LogP contribution is -2.38. The summed E-state index contributed by atoms with van der Waals surface area (Å²) >= 11 is 3.21. The quantitative estimate of drug-likeness (QED) is 0.634. The number of carbonyl (C=O) groups is 2. The first-order valence-corrected chi connectivity index (χ1v) is 9.86. The zero-order valence-corrected chi connectivity index (χ0v) is 18.2. The lowest BCUT2D eigenvalue weighted by atomic mass is 10.2. The van der Waals surface area contributed by atoms with E-state index in [9.17, 15) is 9.59 Å². The Morgan fingerprint density at radius 1 is 1.36 bits per heavy atom. The molecule has 7 nitrogen and oxygen atoms in total. The van der Waals surface area contributed by atoms with Crippen LogP contribution in [0.5, 0.6) is 0 Å². The van der Waals surface area contributed by atoms with Crippen LogP contribution in [0.3, 0.4) is 0 Å². The zero-order valence-electron chi connectivity index (χ0n) is 16.6. The standard InChI is InChI=1S/C20H26BrN3O4/c1-14-11-16(21)27-17(14)18(25)23-9-6-10-24(19(26)28-20(2,3)4)13-15-7-5-8-22-12-15/h5,7-8,11-12H,6,9-10,13H2,1-4H3,(H,23,25). The third-order valence-corrected chi connectivity index (χ3v) is 4.12. The molecule has 2 aromatic rings. The van der Waals surface area contributed by atoms with Crippen LogP contribution >= 0.6 is 15.9 Å². The third kappa shape index (κ3) is 6.99. The van der Waals surface area contributed by atoms with Crippen molar-refractivity contribution in [2.45, 2.75) is 46.3 Å². The highest BCUT2D eigenvalue weighted by molar-refractivity contribution is 9.10. The number of ether oxygens (including phenoxy) is 1. The first-order chi connectivity index (χ1) is 13.2. The summed E-state index contributed by atoms with van der Waals surface area (Å²) < 4.78 is 11.4. The third-order valence-electron chi connectivity index (χ3n) is 3.73. The maximum Gasteiger partial charge on any atom is 0.410 e. The summed E-state index contributed by atoms with van der Waals surface area (Å²) in [5, 5.41) is 2.81. The molecular weight excluding hydrogens is 426 g/mol. The minimum Gasteiger partial charge on any atom is -0.444 e. The summed E-state index contributed by atoms with van der Waals surface area (Å²) in [7, 11) is 0. The Labute approximate surface area is 173 Å². The molecule has 2 amide bonds. The van der Waals surface area contributed by atoms with Crippen LogP contribution in [0.4, 0.5) is 4.79 Å². The first-order valence-electron chi connectivity index (χ1n) is 9.06. The molecule has 1 N–H and O–H groups in total. The number of aryl methyl sites for hydroxylation is 1. The fraction of sp³-hybridized carbons (Fsp3) is 0.450. The van der Waals surface area contributed by atoms with E-state index < -0.39 is 11.7 Å². The molecule has 0 radical (unpaired) electrons. The summed E-state index contributed by atoms with van der Waals surface area (Å²) in [5.74, 6) is 0.00510. The van der Waals surface area contributed by atoms with Crippen molar-refractivity contribution in [3.63, 3.8) is 0 Å². The summed E-state index contributed by atoms with van der Waals surface area (Å²) in [5.41, 5.74) is 1.09. The largest absolute Gasteiger partial charge is 0.444 e. The Morgan fingerprint density at radius 3 is 2.68 bits per heavy atom. The zero-order chi connectivity index (χ0) is 20.7. The van der Waals surface area contributed by atoms with Gasteiger partial charge in [0.25, 0.3) is 5.91 Å². The van der Waals surface area contributed by atoms with Crippen molar-refractivity contribution in [1.82, 2.24) is 15.2 Å². The second-order valence-electron chi connectivity index (χ2n) is 7.44. The molecule has 2 aromatic heterocycles. The van der Waals surface area contributed by atoms with Gasteiger partial charge in [-0.2, -0.15) is 0 Å². The number of amides is 2. The van der Waals surface area contributed by atoms with Gasteiger partial charge in [0, 0.05) is 31.0 Å². The van der Waals surface area contributed by atoms with Crippen LogP contribution in [0, 0.1) is 6.92 Å². The van der Waals surface area contributed by atoms with Crippen LogP contribution in [0.2, 0.25) is 0 Å². The molecule has 0 bridgehead atoms. The number of rotatable bonds is 7. The van der Waals surface area contributed by atoms with Gasteiger partial charge in [0.05, 0.1) is 6.54 Å². The van der Waals surface area contributed by atoms with Gasteiger partial charge < -0.3 is 19.4 Å². The molecule has 0 saturated carbocycles. The fourth-order valence-corrected chi connectivity index (χ4v) is 3.00. The molecule has 0 aliphatic carbocycles. The van der Waals surface area contributed by atoms with Crippen LogP contribution in [0.1, 0.15) is 48.9 Å². The SMILES string of the molecule is Cc1cc(Br)oc1C(=O)NCCCN(Cc1cccnc1)C(=O)OC(C)(C)C. The molecule has 0 atom stereocenters. The molecule has 0 fully saturated rings. The summed E-state index contributed by atoms with van der Waals surface area (Å²) in [6.45, 7) is 8.53. The van der Waals surface area contributed by atoms with E-state index in [1.807, 2.05) is 32.9 Å². The Balaban J connectivity index is 1.91. The van der Waals surface area contributed by atoms with E-state index in [4.69, 9.17) is 9.15 Å². The molecule has 152 valence electrons. The van der Waals surface area contributed by atoms with Crippen molar-refractivity contribution in [3.05, 3.63) is 52.1 Å². The van der Waals surface area contributed by atoms with Crippen LogP contribution in [0.25, 0.3) is 0 Å². The lowest BCUT2D eigenvalue weighted by molar-refractivity contribution is 0.0232. The van der Waals surface area contributed by atoms with Crippen molar-refractivity contribution in [3.8, 4) is 0 Å². The van der Waals surface area contributed by atoms with Crippen LogP contribution in [-0.4, -0.2) is 40.6 Å². The predicted molar refractivity (Wildman–Crippen MR) is 109 cm³/mol. The average molecular weight is 452 g/mol. The van der Waals surface area contributed by atoms with Gasteiger partial charge >= 0.3 is 6.09 Å². The van der Waals surface area contributed by atoms with Gasteiger partial charge in [0.2, 0.25) is 0 Å². The highest BCUT2D eigenvalue weighted by atomic mass is 79.9. The van der Waals surface area contributed by atoms with E-state index in [1.165, 1.54) is 0 Å². The van der Waals surface area contributed by atoms with Crippen LogP contribution in [-0.2, 0) is 11.3 Å². The average Bonchev–Trinajstić information content (AvgIpc) is 2.95. The number of halogens is 1. The molecule has 0 unspecified atom stereocenters. The Morgan fingerprint density at radius 2 is 2.11 bits per heavy atom. The van der Waals surface area contributed by atoms with Gasteiger partial charge in [0.1, 0.15) is 5.60 Å². The molecule has 0 aliphatic heterocycles. The van der Waals surface area contributed by atoms with Gasteiger partial charge in [-0.25, -0.2) is 4.79 Å². The topological polar surface area (TPSA) is 84.7 Å². The highest BCUT2D eigenvalue weighted by Crippen LogP contribution is 2.19. The van der Waals surface area contributed by atoms with E-state index in [-0.39, 0.29) is 11.7 Å². The Bertz CT molecular complexity index is 800. The molecule has 0 aromatic carbocycles. The molecule has 2 rings (SSSR count). The van der Waals surface area contributed by atoms with Gasteiger partial charge in [-0.05, 0) is 67.7 Å². The number of carbonyl (C=O) groups excluding carboxylic acids is 2. The Hall–Kier alpha value is -2.35. The molecule has 28 heavy (non-hydrogen) atoms. The smallest absolute Gasteiger partial charge is 0.410 e. The van der Waals surface area contributed by atoms with Gasteiger partial charge in [-0.15, -0.1) is 0 Å². The maximum absolute atomic E-state index is 12.5. The Kier molecular flexibility index (Phi) is 7.62. The van der Waals surface area contributed by atoms with Crippen LogP contribution in [0.15, 0.2) is 39.7 Å². The van der Waals surface area contributed by atoms with E-state index >= 15 is 0 Å². The molecule has 8 heteroatoms. The number of furan rings is 1. The molecular formula is C20H26BrN3O4. The van der Waals surface area contributed by atoms with Crippen LogP contribution < -0.4 is 5.32 Å². The van der Waals surface area contributed by atoms with Gasteiger partial charge in [0.15, 0.2) is 10.4 Å². The number of hydrogen-bond acceptors (Lipinski definition) is 5. The summed E-state index contributed by atoms with van der Waals surface area (Å²) in [6.07, 6.45) is 3.59. The minimum absolute atomic E-state index is 0.278.